The van der Waals surface area contributed by atoms with E-state index < -0.39 is 18.4 Å². The number of carboxylic acids is 2. The van der Waals surface area contributed by atoms with Gasteiger partial charge in [0.15, 0.2) is 0 Å². The van der Waals surface area contributed by atoms with Gasteiger partial charge in [-0.3, -0.25) is 30.0 Å². The van der Waals surface area contributed by atoms with Crippen molar-refractivity contribution < 1.29 is 70.7 Å². The summed E-state index contributed by atoms with van der Waals surface area (Å²) in [6.45, 7) is 5.54. The minimum absolute atomic E-state index is 0. The quantitative estimate of drug-likeness (QED) is 0.163. The largest absolute Gasteiger partial charge is 0.481 e. The second kappa shape index (κ2) is 21.3. The first-order valence-electron chi connectivity index (χ1n) is 8.36. The molecule has 3 aliphatic heterocycles. The first-order valence-corrected chi connectivity index (χ1v) is 20.9. The second-order valence-electron chi connectivity index (χ2n) is 5.31. The molecule has 0 spiro atoms. The summed E-state index contributed by atoms with van der Waals surface area (Å²) in [5.41, 5.74) is 5.94. The van der Waals surface area contributed by atoms with Gasteiger partial charge in [0.1, 0.15) is 12.8 Å². The Bertz CT molecular complexity index is 482. The molecule has 3 aliphatic rings. The summed E-state index contributed by atoms with van der Waals surface area (Å²) in [4.78, 5) is 41.2. The normalized spacial score (nSPS) is 17.9. The minimum Gasteiger partial charge on any atom is -0.481 e. The molecule has 175 valence electrons. The fraction of sp³-hybridized carbons (Fsp3) is 0.714. The first-order chi connectivity index (χ1) is 13.8. The van der Waals surface area contributed by atoms with Crippen LogP contribution in [-0.4, -0.2) is 96.6 Å². The standard InChI is InChI=1S/C7H10N2O3.C4H10N2O.C3H4O4.I3.V/c10-6-5-7(11)9-2-4-12-3-1-8(6)9;1-3-7-4-2-6-5-1;4-2(5)1-3(6)7;1-3-2;/h1-5H2;5-6H,1-4H2;1H2,(H,4,5)(H,6,7);;/q;;;-1;. The fourth-order valence-corrected chi connectivity index (χ4v) is 2.13. The van der Waals surface area contributed by atoms with E-state index in [1.165, 1.54) is 10.0 Å². The van der Waals surface area contributed by atoms with Crippen molar-refractivity contribution in [1.29, 1.82) is 0 Å². The molecule has 0 aromatic carbocycles. The van der Waals surface area contributed by atoms with Crippen molar-refractivity contribution >= 4 is 61.0 Å². The SMILES string of the molecule is C1COCCNN1.I[I-]I.O=C(O)CC(=O)O.O=C1CC(=O)N2CCOCCN12.[V]. The van der Waals surface area contributed by atoms with Crippen LogP contribution in [-0.2, 0) is 47.2 Å². The molecule has 3 heterocycles. The molecule has 0 atom stereocenters. The fourth-order valence-electron chi connectivity index (χ4n) is 2.13. The van der Waals surface area contributed by atoms with Crippen LogP contribution in [0, 0.1) is 0 Å². The summed E-state index contributed by atoms with van der Waals surface area (Å²) in [6, 6.07) is 0. The van der Waals surface area contributed by atoms with Crippen LogP contribution in [0.4, 0.5) is 0 Å². The van der Waals surface area contributed by atoms with E-state index in [0.717, 1.165) is 26.3 Å². The number of hydrogen-bond acceptors (Lipinski definition) is 8. The Morgan fingerprint density at radius 3 is 1.60 bits per heavy atom. The number of carbonyl (C=O) groups excluding carboxylic acids is 2. The number of hydrazine groups is 2. The summed E-state index contributed by atoms with van der Waals surface area (Å²) in [5.74, 6) is -2.84. The molecule has 12 nitrogen and oxygen atoms in total. The van der Waals surface area contributed by atoms with Gasteiger partial charge in [0.25, 0.3) is 11.8 Å². The van der Waals surface area contributed by atoms with Crippen LogP contribution < -0.4 is 24.1 Å². The van der Waals surface area contributed by atoms with Crippen LogP contribution in [0.3, 0.4) is 0 Å². The number of rotatable bonds is 2. The van der Waals surface area contributed by atoms with Gasteiger partial charge in [-0.05, 0) is 0 Å². The second-order valence-corrected chi connectivity index (χ2v) is 21.6. The Hall–Kier alpha value is 0.494. The van der Waals surface area contributed by atoms with E-state index >= 15 is 0 Å². The van der Waals surface area contributed by atoms with Crippen LogP contribution in [0.2, 0.25) is 0 Å². The Morgan fingerprint density at radius 2 is 1.27 bits per heavy atom. The number of nitrogens with zero attached hydrogens (tertiary/aromatic N) is 2. The van der Waals surface area contributed by atoms with Crippen molar-refractivity contribution in [2.45, 2.75) is 12.8 Å². The average molecular weight is 808 g/mol. The van der Waals surface area contributed by atoms with Gasteiger partial charge in [-0.25, -0.2) is 10.0 Å². The van der Waals surface area contributed by atoms with E-state index in [1.807, 2.05) is 0 Å². The number of carboxylic acid groups (broad SMARTS) is 2. The molecule has 3 rings (SSSR count). The van der Waals surface area contributed by atoms with E-state index in [9.17, 15) is 19.2 Å². The number of ether oxygens (including phenoxy) is 2. The molecule has 30 heavy (non-hydrogen) atoms. The first kappa shape index (κ1) is 32.7. The molecule has 3 fully saturated rings. The summed E-state index contributed by atoms with van der Waals surface area (Å²) in [7, 11) is 0. The van der Waals surface area contributed by atoms with Crippen molar-refractivity contribution in [3.8, 4) is 0 Å². The molecule has 0 saturated carbocycles. The number of aliphatic carboxylic acids is 2. The molecular weight excluding hydrogens is 784 g/mol. The zero-order valence-electron chi connectivity index (χ0n) is 15.9. The average Bonchev–Trinajstić information content (AvgIpc) is 2.96. The third-order valence-corrected chi connectivity index (χ3v) is 3.23. The molecule has 0 aromatic rings. The van der Waals surface area contributed by atoms with E-state index in [-0.39, 0.29) is 36.8 Å². The van der Waals surface area contributed by atoms with Crippen molar-refractivity contribution in [2.75, 3.05) is 52.6 Å². The van der Waals surface area contributed by atoms with Gasteiger partial charge in [0, 0.05) is 31.6 Å². The zero-order chi connectivity index (χ0) is 22.1. The summed E-state index contributed by atoms with van der Waals surface area (Å²) >= 11 is 5.30. The number of nitrogens with one attached hydrogen (secondary N) is 2. The van der Waals surface area contributed by atoms with Crippen LogP contribution in [0.15, 0.2) is 0 Å². The molecule has 1 radical (unpaired) electrons. The Labute approximate surface area is 215 Å². The van der Waals surface area contributed by atoms with Gasteiger partial charge in [0.2, 0.25) is 0 Å². The monoisotopic (exact) mass is 808 g/mol. The van der Waals surface area contributed by atoms with E-state index in [0.29, 0.717) is 39.6 Å². The summed E-state index contributed by atoms with van der Waals surface area (Å²) in [5, 5.41) is 18.4. The van der Waals surface area contributed by atoms with E-state index in [1.54, 1.807) is 0 Å². The molecule has 16 heteroatoms. The number of hydrogen-bond donors (Lipinski definition) is 4. The maximum Gasteiger partial charge on any atom is 0.314 e. The number of halogens is 3. The van der Waals surface area contributed by atoms with Crippen molar-refractivity contribution in [3.63, 3.8) is 0 Å². The summed E-state index contributed by atoms with van der Waals surface area (Å²) < 4.78 is 10.2. The Kier molecular flexibility index (Phi) is 23.2. The predicted octanol–water partition coefficient (Wildman–Crippen LogP) is -3.58. The molecule has 0 aliphatic carbocycles. The third kappa shape index (κ3) is 17.1. The third-order valence-electron chi connectivity index (χ3n) is 3.23. The number of fused-ring (bicyclic) bond motifs is 1. The molecule has 0 unspecified atom stereocenters. The Morgan fingerprint density at radius 1 is 0.900 bits per heavy atom. The maximum absolute atomic E-state index is 11.2. The smallest absolute Gasteiger partial charge is 0.314 e. The van der Waals surface area contributed by atoms with Crippen LogP contribution in [0.25, 0.3) is 0 Å². The molecule has 0 aromatic heterocycles. The van der Waals surface area contributed by atoms with Gasteiger partial charge in [-0.15, -0.1) is 0 Å². The predicted molar refractivity (Wildman–Crippen MR) is 114 cm³/mol. The number of carbonyl (C=O) groups is 4. The van der Waals surface area contributed by atoms with Crippen molar-refractivity contribution in [3.05, 3.63) is 0 Å². The zero-order valence-corrected chi connectivity index (χ0v) is 23.8. The van der Waals surface area contributed by atoms with E-state index in [2.05, 4.69) is 48.1 Å². The van der Waals surface area contributed by atoms with Gasteiger partial charge >= 0.3 is 62.4 Å². The minimum atomic E-state index is -1.31. The number of amides is 2. The molecule has 2 amide bonds. The van der Waals surface area contributed by atoms with E-state index in [4.69, 9.17) is 19.7 Å². The van der Waals surface area contributed by atoms with Crippen LogP contribution in [0.1, 0.15) is 12.8 Å². The molecule has 4 N–H and O–H groups in total. The molecular formula is C14H24I3N4O8V-. The van der Waals surface area contributed by atoms with Crippen molar-refractivity contribution in [2.24, 2.45) is 0 Å². The van der Waals surface area contributed by atoms with Crippen LogP contribution in [0.5, 0.6) is 0 Å². The van der Waals surface area contributed by atoms with Crippen LogP contribution >= 0.6 is 37.2 Å². The van der Waals surface area contributed by atoms with Gasteiger partial charge in [0.05, 0.1) is 39.5 Å². The molecule has 3 saturated heterocycles. The van der Waals surface area contributed by atoms with Gasteiger partial charge in [-0.2, -0.15) is 0 Å². The van der Waals surface area contributed by atoms with Gasteiger partial charge < -0.3 is 19.7 Å². The molecule has 0 bridgehead atoms. The topological polar surface area (TPSA) is 158 Å². The van der Waals surface area contributed by atoms with Gasteiger partial charge in [-0.1, -0.05) is 0 Å². The van der Waals surface area contributed by atoms with Crippen molar-refractivity contribution in [1.82, 2.24) is 20.9 Å². The Balaban J connectivity index is 0. The summed E-state index contributed by atoms with van der Waals surface area (Å²) in [6.07, 6.45) is -0.778. The maximum atomic E-state index is 11.2.